The largest absolute Gasteiger partial charge is 0.380 e. The van der Waals surface area contributed by atoms with Crippen LogP contribution in [0, 0.1) is 12.3 Å². The zero-order valence-electron chi connectivity index (χ0n) is 13.9. The Hall–Kier alpha value is -0.770. The summed E-state index contributed by atoms with van der Waals surface area (Å²) in [6.45, 7) is 10.3. The van der Waals surface area contributed by atoms with Crippen LogP contribution in [0.1, 0.15) is 25.8 Å². The van der Waals surface area contributed by atoms with Crippen LogP contribution in [-0.4, -0.2) is 32.2 Å². The minimum atomic E-state index is -0.0740. The van der Waals surface area contributed by atoms with Gasteiger partial charge in [-0.25, -0.2) is 0 Å². The first-order valence-electron chi connectivity index (χ1n) is 7.31. The zero-order chi connectivity index (χ0) is 15.9. The van der Waals surface area contributed by atoms with Crippen LogP contribution in [0.15, 0.2) is 41.8 Å². The Kier molecular flexibility index (Phi) is 7.50. The molecule has 1 aromatic carbocycles. The summed E-state index contributed by atoms with van der Waals surface area (Å²) in [6, 6.07) is 8.62. The van der Waals surface area contributed by atoms with E-state index < -0.39 is 0 Å². The molecule has 3 heteroatoms. The molecule has 0 aliphatic carbocycles. The highest BCUT2D eigenvalue weighted by molar-refractivity contribution is 7.99. The molecule has 0 aromatic heterocycles. The average Bonchev–Trinajstić information content (AvgIpc) is 2.46. The molecular weight excluding hydrogens is 280 g/mol. The number of hydrogen-bond donors (Lipinski definition) is 0. The van der Waals surface area contributed by atoms with E-state index in [0.717, 1.165) is 12.2 Å². The minimum absolute atomic E-state index is 0.0740. The van der Waals surface area contributed by atoms with Crippen LogP contribution in [0.25, 0.3) is 0 Å². The van der Waals surface area contributed by atoms with Crippen molar-refractivity contribution in [2.75, 3.05) is 20.0 Å². The number of thioether (sulfide) groups is 1. The molecule has 0 amide bonds. The lowest BCUT2D eigenvalue weighted by Crippen LogP contribution is -2.43. The molecule has 0 saturated heterocycles. The van der Waals surface area contributed by atoms with E-state index in [4.69, 9.17) is 9.47 Å². The van der Waals surface area contributed by atoms with Crippen LogP contribution < -0.4 is 0 Å². The molecule has 0 saturated carbocycles. The number of rotatable bonds is 9. The van der Waals surface area contributed by atoms with E-state index in [1.165, 1.54) is 10.5 Å². The van der Waals surface area contributed by atoms with Gasteiger partial charge in [-0.1, -0.05) is 37.6 Å². The highest BCUT2D eigenvalue weighted by atomic mass is 32.2. The smallest absolute Gasteiger partial charge is 0.0740 e. The summed E-state index contributed by atoms with van der Waals surface area (Å²) in [4.78, 5) is 1.27. The Labute approximate surface area is 133 Å². The lowest BCUT2D eigenvalue weighted by molar-refractivity contribution is -0.0723. The molecule has 118 valence electrons. The Morgan fingerprint density at radius 2 is 1.71 bits per heavy atom. The van der Waals surface area contributed by atoms with Crippen LogP contribution in [-0.2, 0) is 9.47 Å². The molecule has 21 heavy (non-hydrogen) atoms. The predicted molar refractivity (Wildman–Crippen MR) is 92.1 cm³/mol. The van der Waals surface area contributed by atoms with Crippen LogP contribution in [0.4, 0.5) is 0 Å². The van der Waals surface area contributed by atoms with Crippen molar-refractivity contribution in [1.82, 2.24) is 0 Å². The maximum Gasteiger partial charge on any atom is 0.0740 e. The molecule has 0 fully saturated rings. The van der Waals surface area contributed by atoms with Crippen LogP contribution in [0.3, 0.4) is 0 Å². The van der Waals surface area contributed by atoms with Crippen molar-refractivity contribution in [3.63, 3.8) is 0 Å². The molecule has 2 nitrogen and oxygen atoms in total. The Balaban J connectivity index is 2.72. The van der Waals surface area contributed by atoms with Gasteiger partial charge in [0.05, 0.1) is 12.2 Å². The molecule has 0 aliphatic rings. The average molecular weight is 308 g/mol. The summed E-state index contributed by atoms with van der Waals surface area (Å²) in [5.74, 6) is 0.906. The molecule has 2 atom stereocenters. The minimum Gasteiger partial charge on any atom is -0.380 e. The van der Waals surface area contributed by atoms with Crippen molar-refractivity contribution in [3.05, 3.63) is 42.5 Å². The first kappa shape index (κ1) is 18.3. The maximum atomic E-state index is 5.75. The second-order valence-electron chi connectivity index (χ2n) is 5.92. The fourth-order valence-corrected chi connectivity index (χ4v) is 3.69. The van der Waals surface area contributed by atoms with Crippen LogP contribution in [0.2, 0.25) is 0 Å². The van der Waals surface area contributed by atoms with Gasteiger partial charge in [0.25, 0.3) is 0 Å². The summed E-state index contributed by atoms with van der Waals surface area (Å²) in [7, 11) is 3.54. The van der Waals surface area contributed by atoms with E-state index >= 15 is 0 Å². The quantitative estimate of drug-likeness (QED) is 0.486. The summed E-state index contributed by atoms with van der Waals surface area (Å²) >= 11 is 1.83. The summed E-state index contributed by atoms with van der Waals surface area (Å²) in [5.41, 5.74) is 1.21. The first-order valence-corrected chi connectivity index (χ1v) is 8.30. The third-order valence-corrected chi connectivity index (χ3v) is 5.11. The summed E-state index contributed by atoms with van der Waals surface area (Å²) in [6.07, 6.45) is 2.97. The Morgan fingerprint density at radius 1 is 1.14 bits per heavy atom. The standard InChI is InChI=1S/C18H28O2S/c1-7-8-16(19-5)18(3,4)17(20-6)13-21-15-11-9-14(2)10-12-15/h7,9-12,16-17H,1,8,13H2,2-6H3/t16-,17+/m1/s1. The number of benzene rings is 1. The van der Waals surface area contributed by atoms with Crippen molar-refractivity contribution >= 4 is 11.8 Å². The van der Waals surface area contributed by atoms with Gasteiger partial charge in [-0.15, -0.1) is 18.3 Å². The van der Waals surface area contributed by atoms with Gasteiger partial charge in [0.15, 0.2) is 0 Å². The van der Waals surface area contributed by atoms with Gasteiger partial charge in [-0.3, -0.25) is 0 Å². The number of methoxy groups -OCH3 is 2. The lowest BCUT2D eigenvalue weighted by Gasteiger charge is -2.39. The van der Waals surface area contributed by atoms with Crippen LogP contribution >= 0.6 is 11.8 Å². The van der Waals surface area contributed by atoms with E-state index in [1.807, 2.05) is 17.8 Å². The van der Waals surface area contributed by atoms with Crippen molar-refractivity contribution in [2.24, 2.45) is 5.41 Å². The van der Waals surface area contributed by atoms with E-state index in [1.54, 1.807) is 14.2 Å². The van der Waals surface area contributed by atoms with Gasteiger partial charge in [0, 0.05) is 30.3 Å². The van der Waals surface area contributed by atoms with E-state index in [-0.39, 0.29) is 17.6 Å². The van der Waals surface area contributed by atoms with Crippen molar-refractivity contribution in [3.8, 4) is 0 Å². The Bertz CT molecular complexity index is 425. The normalized spacial score (nSPS) is 14.7. The third kappa shape index (κ3) is 5.17. The number of ether oxygens (including phenoxy) is 2. The van der Waals surface area contributed by atoms with Gasteiger partial charge in [-0.05, 0) is 25.5 Å². The van der Waals surface area contributed by atoms with Gasteiger partial charge in [0.2, 0.25) is 0 Å². The number of aryl methyl sites for hydroxylation is 1. The van der Waals surface area contributed by atoms with Gasteiger partial charge < -0.3 is 9.47 Å². The second-order valence-corrected chi connectivity index (χ2v) is 7.01. The fraction of sp³-hybridized carbons (Fsp3) is 0.556. The molecule has 0 radical (unpaired) electrons. The first-order chi connectivity index (χ1) is 9.95. The molecular formula is C18H28O2S. The molecule has 0 aliphatic heterocycles. The fourth-order valence-electron chi connectivity index (χ4n) is 2.46. The molecule has 0 heterocycles. The summed E-state index contributed by atoms with van der Waals surface area (Å²) < 4.78 is 11.4. The van der Waals surface area contributed by atoms with Gasteiger partial charge >= 0.3 is 0 Å². The molecule has 0 N–H and O–H groups in total. The molecule has 1 rings (SSSR count). The molecule has 0 spiro atoms. The zero-order valence-corrected chi connectivity index (χ0v) is 14.7. The number of hydrogen-bond acceptors (Lipinski definition) is 3. The lowest BCUT2D eigenvalue weighted by atomic mass is 9.79. The second kappa shape index (κ2) is 8.62. The SMILES string of the molecule is C=CC[C@@H](OC)C(C)(C)[C@H](CSc1ccc(C)cc1)OC. The highest BCUT2D eigenvalue weighted by Crippen LogP contribution is 2.35. The monoisotopic (exact) mass is 308 g/mol. The molecule has 0 unspecified atom stereocenters. The molecule has 1 aromatic rings. The van der Waals surface area contributed by atoms with E-state index in [0.29, 0.717) is 0 Å². The highest BCUT2D eigenvalue weighted by Gasteiger charge is 2.37. The van der Waals surface area contributed by atoms with E-state index in [2.05, 4.69) is 51.6 Å². The third-order valence-electron chi connectivity index (χ3n) is 4.03. The summed E-state index contributed by atoms with van der Waals surface area (Å²) in [5, 5.41) is 0. The topological polar surface area (TPSA) is 18.5 Å². The Morgan fingerprint density at radius 3 is 2.19 bits per heavy atom. The van der Waals surface area contributed by atoms with Crippen LogP contribution in [0.5, 0.6) is 0 Å². The van der Waals surface area contributed by atoms with Gasteiger partial charge in [-0.2, -0.15) is 0 Å². The predicted octanol–water partition coefficient (Wildman–Crippen LogP) is 4.72. The van der Waals surface area contributed by atoms with Crippen molar-refractivity contribution < 1.29 is 9.47 Å². The van der Waals surface area contributed by atoms with Crippen molar-refractivity contribution in [2.45, 2.75) is 44.3 Å². The molecule has 0 bridgehead atoms. The van der Waals surface area contributed by atoms with E-state index in [9.17, 15) is 0 Å². The maximum absolute atomic E-state index is 5.75. The van der Waals surface area contributed by atoms with Gasteiger partial charge in [0.1, 0.15) is 0 Å². The van der Waals surface area contributed by atoms with Crippen molar-refractivity contribution in [1.29, 1.82) is 0 Å².